The zero-order valence-electron chi connectivity index (χ0n) is 11.1. The molecule has 0 radical (unpaired) electrons. The second kappa shape index (κ2) is 5.10. The first-order chi connectivity index (χ1) is 9.28. The summed E-state index contributed by atoms with van der Waals surface area (Å²) in [4.78, 5) is 11.5. The number of nitrogens with one attached hydrogen (secondary N) is 1. The second-order valence-corrected chi connectivity index (χ2v) is 4.98. The van der Waals surface area contributed by atoms with E-state index in [4.69, 9.17) is 5.84 Å². The molecule has 1 saturated heterocycles. The maximum absolute atomic E-state index is 5.54. The molecule has 2 aromatic rings. The molecule has 102 valence electrons. The molecular weight excluding hydrogens is 242 g/mol. The van der Waals surface area contributed by atoms with Crippen LogP contribution in [0.15, 0.2) is 6.20 Å². The van der Waals surface area contributed by atoms with Gasteiger partial charge in [-0.15, -0.1) is 0 Å². The molecule has 7 heteroatoms. The van der Waals surface area contributed by atoms with Crippen molar-refractivity contribution in [1.29, 1.82) is 0 Å². The molecule has 0 saturated carbocycles. The van der Waals surface area contributed by atoms with Crippen molar-refractivity contribution in [3.8, 4) is 0 Å². The zero-order valence-corrected chi connectivity index (χ0v) is 11.1. The van der Waals surface area contributed by atoms with Crippen molar-refractivity contribution in [2.24, 2.45) is 12.9 Å². The summed E-state index contributed by atoms with van der Waals surface area (Å²) in [6.45, 7) is 3.02. The molecule has 7 nitrogen and oxygen atoms in total. The molecule has 0 spiro atoms. The van der Waals surface area contributed by atoms with Crippen LogP contribution in [0.2, 0.25) is 0 Å². The number of fused-ring (bicyclic) bond motifs is 1. The third-order valence-corrected chi connectivity index (χ3v) is 3.59. The van der Waals surface area contributed by atoms with Crippen molar-refractivity contribution in [3.05, 3.63) is 12.0 Å². The number of aromatic nitrogens is 4. The monoisotopic (exact) mass is 261 g/mol. The van der Waals surface area contributed by atoms with Crippen molar-refractivity contribution in [2.45, 2.75) is 25.8 Å². The molecule has 2 aromatic heterocycles. The van der Waals surface area contributed by atoms with E-state index in [1.54, 1.807) is 10.9 Å². The van der Waals surface area contributed by atoms with Crippen LogP contribution in [0.3, 0.4) is 0 Å². The van der Waals surface area contributed by atoms with Crippen LogP contribution >= 0.6 is 0 Å². The third kappa shape index (κ3) is 2.39. The van der Waals surface area contributed by atoms with Crippen molar-refractivity contribution < 1.29 is 0 Å². The summed E-state index contributed by atoms with van der Waals surface area (Å²) in [7, 11) is 1.88. The quantitative estimate of drug-likeness (QED) is 0.623. The summed E-state index contributed by atoms with van der Waals surface area (Å²) in [6, 6.07) is 0. The lowest BCUT2D eigenvalue weighted by molar-refractivity contribution is 0.216. The number of piperidine rings is 1. The molecule has 0 aromatic carbocycles. The molecule has 1 fully saturated rings. The number of rotatable bonds is 3. The summed E-state index contributed by atoms with van der Waals surface area (Å²) < 4.78 is 1.75. The molecule has 19 heavy (non-hydrogen) atoms. The summed E-state index contributed by atoms with van der Waals surface area (Å²) in [5.74, 6) is 6.98. The van der Waals surface area contributed by atoms with Crippen LogP contribution in [0.4, 0.5) is 5.82 Å². The Morgan fingerprint density at radius 2 is 2.05 bits per heavy atom. The van der Waals surface area contributed by atoms with E-state index in [2.05, 4.69) is 25.4 Å². The summed E-state index contributed by atoms with van der Waals surface area (Å²) >= 11 is 0. The number of hydrogen-bond acceptors (Lipinski definition) is 6. The van der Waals surface area contributed by atoms with Gasteiger partial charge in [-0.1, -0.05) is 6.42 Å². The van der Waals surface area contributed by atoms with E-state index in [-0.39, 0.29) is 0 Å². The topological polar surface area (TPSA) is 84.9 Å². The average Bonchev–Trinajstić information content (AvgIpc) is 2.81. The fourth-order valence-corrected chi connectivity index (χ4v) is 2.57. The van der Waals surface area contributed by atoms with Crippen molar-refractivity contribution in [3.63, 3.8) is 0 Å². The van der Waals surface area contributed by atoms with E-state index in [9.17, 15) is 0 Å². The van der Waals surface area contributed by atoms with Crippen LogP contribution in [-0.2, 0) is 13.6 Å². The molecule has 0 aliphatic carbocycles. The van der Waals surface area contributed by atoms with E-state index >= 15 is 0 Å². The van der Waals surface area contributed by atoms with Gasteiger partial charge in [0.1, 0.15) is 5.82 Å². The predicted molar refractivity (Wildman–Crippen MR) is 73.2 cm³/mol. The van der Waals surface area contributed by atoms with Gasteiger partial charge in [-0.3, -0.25) is 9.58 Å². The van der Waals surface area contributed by atoms with Gasteiger partial charge in [0, 0.05) is 7.05 Å². The number of nitrogens with zero attached hydrogens (tertiary/aromatic N) is 5. The SMILES string of the molecule is Cn1ncc2c(NN)nc(CN3CCCCC3)nc21. The lowest BCUT2D eigenvalue weighted by atomic mass is 10.1. The Kier molecular flexibility index (Phi) is 3.31. The number of aryl methyl sites for hydroxylation is 1. The Hall–Kier alpha value is -1.73. The molecule has 0 amide bonds. The highest BCUT2D eigenvalue weighted by Gasteiger charge is 2.15. The number of anilines is 1. The number of nitrogens with two attached hydrogens (primary N) is 1. The molecule has 1 aliphatic rings. The van der Waals surface area contributed by atoms with E-state index in [1.165, 1.54) is 19.3 Å². The minimum Gasteiger partial charge on any atom is -0.308 e. The third-order valence-electron chi connectivity index (χ3n) is 3.59. The Balaban J connectivity index is 1.92. The number of hydrazine groups is 1. The van der Waals surface area contributed by atoms with Gasteiger partial charge < -0.3 is 5.43 Å². The van der Waals surface area contributed by atoms with Gasteiger partial charge in [-0.2, -0.15) is 5.10 Å². The minimum absolute atomic E-state index is 0.644. The van der Waals surface area contributed by atoms with Crippen LogP contribution in [-0.4, -0.2) is 37.7 Å². The van der Waals surface area contributed by atoms with E-state index in [0.29, 0.717) is 5.82 Å². The van der Waals surface area contributed by atoms with Crippen molar-refractivity contribution in [2.75, 3.05) is 18.5 Å². The number of likely N-dealkylation sites (tertiary alicyclic amines) is 1. The predicted octanol–water partition coefficient (Wildman–Crippen LogP) is 0.635. The van der Waals surface area contributed by atoms with E-state index in [1.807, 2.05) is 7.05 Å². The largest absolute Gasteiger partial charge is 0.308 e. The van der Waals surface area contributed by atoms with Gasteiger partial charge >= 0.3 is 0 Å². The van der Waals surface area contributed by atoms with Crippen LogP contribution in [0.25, 0.3) is 11.0 Å². The summed E-state index contributed by atoms with van der Waals surface area (Å²) in [5.41, 5.74) is 3.45. The van der Waals surface area contributed by atoms with Gasteiger partial charge in [0.2, 0.25) is 0 Å². The van der Waals surface area contributed by atoms with Crippen LogP contribution in [0.5, 0.6) is 0 Å². The molecular formula is C12H19N7. The molecule has 0 atom stereocenters. The fourth-order valence-electron chi connectivity index (χ4n) is 2.57. The molecule has 0 bridgehead atoms. The van der Waals surface area contributed by atoms with Gasteiger partial charge in [-0.05, 0) is 25.9 Å². The van der Waals surface area contributed by atoms with Crippen molar-refractivity contribution >= 4 is 16.9 Å². The Morgan fingerprint density at radius 3 is 2.79 bits per heavy atom. The highest BCUT2D eigenvalue weighted by molar-refractivity contribution is 5.86. The van der Waals surface area contributed by atoms with Crippen LogP contribution in [0.1, 0.15) is 25.1 Å². The van der Waals surface area contributed by atoms with Gasteiger partial charge in [-0.25, -0.2) is 15.8 Å². The smallest absolute Gasteiger partial charge is 0.163 e. The number of hydrogen-bond donors (Lipinski definition) is 2. The fraction of sp³-hybridized carbons (Fsp3) is 0.583. The Labute approximate surface area is 111 Å². The molecule has 3 N–H and O–H groups in total. The normalized spacial score (nSPS) is 16.9. The highest BCUT2D eigenvalue weighted by atomic mass is 15.3. The number of nitrogen functional groups attached to an aromatic ring is 1. The Bertz CT molecular complexity index is 571. The van der Waals surface area contributed by atoms with Gasteiger partial charge in [0.25, 0.3) is 0 Å². The van der Waals surface area contributed by atoms with Gasteiger partial charge in [0.15, 0.2) is 11.5 Å². The highest BCUT2D eigenvalue weighted by Crippen LogP contribution is 2.19. The minimum atomic E-state index is 0.644. The van der Waals surface area contributed by atoms with E-state index in [0.717, 1.165) is 36.5 Å². The average molecular weight is 261 g/mol. The van der Waals surface area contributed by atoms with Crippen LogP contribution in [0, 0.1) is 0 Å². The lowest BCUT2D eigenvalue weighted by Crippen LogP contribution is -2.30. The van der Waals surface area contributed by atoms with Crippen molar-refractivity contribution in [1.82, 2.24) is 24.6 Å². The molecule has 0 unspecified atom stereocenters. The maximum atomic E-state index is 5.54. The first-order valence-electron chi connectivity index (χ1n) is 6.65. The summed E-state index contributed by atoms with van der Waals surface area (Å²) in [5, 5.41) is 5.05. The maximum Gasteiger partial charge on any atom is 0.163 e. The lowest BCUT2D eigenvalue weighted by Gasteiger charge is -2.25. The molecule has 1 aliphatic heterocycles. The first kappa shape index (κ1) is 12.3. The molecule has 3 heterocycles. The van der Waals surface area contributed by atoms with Crippen LogP contribution < -0.4 is 11.3 Å². The second-order valence-electron chi connectivity index (χ2n) is 4.98. The zero-order chi connectivity index (χ0) is 13.2. The standard InChI is InChI=1S/C12H19N7/c1-18-12-9(7-14-18)11(17-13)15-10(16-12)8-19-5-3-2-4-6-19/h7H,2-6,8,13H2,1H3,(H,15,16,17). The summed E-state index contributed by atoms with van der Waals surface area (Å²) in [6.07, 6.45) is 5.58. The Morgan fingerprint density at radius 1 is 1.26 bits per heavy atom. The first-order valence-corrected chi connectivity index (χ1v) is 6.65. The van der Waals surface area contributed by atoms with E-state index < -0.39 is 0 Å². The van der Waals surface area contributed by atoms with Gasteiger partial charge in [0.05, 0.1) is 18.1 Å². The molecule has 3 rings (SSSR count).